The molecule has 5 rings (SSSR count). The Hall–Kier alpha value is -3.58. The number of hydrogen-bond acceptors (Lipinski definition) is 7. The highest BCUT2D eigenvalue weighted by molar-refractivity contribution is 5.94. The van der Waals surface area contributed by atoms with Crippen molar-refractivity contribution in [2.24, 2.45) is 4.99 Å². The highest BCUT2D eigenvalue weighted by Gasteiger charge is 2.22. The largest absolute Gasteiger partial charge is 0.487 e. The van der Waals surface area contributed by atoms with Crippen LogP contribution in [0.15, 0.2) is 65.8 Å². The molecule has 3 heterocycles. The number of anilines is 3. The van der Waals surface area contributed by atoms with Gasteiger partial charge in [0.05, 0.1) is 30.3 Å². The first kappa shape index (κ1) is 19.4. The topological polar surface area (TPSA) is 82.2 Å². The van der Waals surface area contributed by atoms with Gasteiger partial charge in [-0.1, -0.05) is 6.07 Å². The smallest absolute Gasteiger partial charge is 0.144 e. The Bertz CT molecular complexity index is 1060. The van der Waals surface area contributed by atoms with Gasteiger partial charge in [-0.2, -0.15) is 0 Å². The molecule has 7 nitrogen and oxygen atoms in total. The Balaban J connectivity index is 1.34. The summed E-state index contributed by atoms with van der Waals surface area (Å²) in [6, 6.07) is 17.7. The van der Waals surface area contributed by atoms with E-state index in [1.54, 1.807) is 6.20 Å². The quantitative estimate of drug-likeness (QED) is 0.613. The Kier molecular flexibility index (Phi) is 5.41. The van der Waals surface area contributed by atoms with Crippen LogP contribution in [0, 0.1) is 0 Å². The first-order valence-electron chi connectivity index (χ1n) is 10.3. The van der Waals surface area contributed by atoms with E-state index in [-0.39, 0.29) is 6.10 Å². The van der Waals surface area contributed by atoms with Crippen molar-refractivity contribution in [2.75, 3.05) is 30.5 Å². The molecule has 2 aliphatic rings. The maximum atomic E-state index is 6.24. The van der Waals surface area contributed by atoms with Crippen molar-refractivity contribution < 1.29 is 14.2 Å². The summed E-state index contributed by atoms with van der Waals surface area (Å²) in [7, 11) is 0. The van der Waals surface area contributed by atoms with Crippen LogP contribution in [0.3, 0.4) is 0 Å². The van der Waals surface area contributed by atoms with Crippen LogP contribution >= 0.6 is 0 Å². The molecule has 0 bridgehead atoms. The molecule has 3 aromatic rings. The number of nitrogen functional groups attached to an aromatic ring is 1. The van der Waals surface area contributed by atoms with E-state index in [1.807, 2.05) is 60.8 Å². The number of pyridine rings is 1. The molecule has 2 aliphatic heterocycles. The highest BCUT2D eigenvalue weighted by Crippen LogP contribution is 2.37. The summed E-state index contributed by atoms with van der Waals surface area (Å²) >= 11 is 0. The van der Waals surface area contributed by atoms with Gasteiger partial charge in [-0.3, -0.25) is 9.98 Å². The third-order valence-electron chi connectivity index (χ3n) is 5.35. The summed E-state index contributed by atoms with van der Waals surface area (Å²) in [6.45, 7) is 2.28. The molecule has 158 valence electrons. The van der Waals surface area contributed by atoms with Crippen LogP contribution in [0.25, 0.3) is 0 Å². The molecular formula is C24H24N4O3. The average Bonchev–Trinajstić information content (AvgIpc) is 3.32. The average molecular weight is 416 g/mol. The van der Waals surface area contributed by atoms with E-state index in [4.69, 9.17) is 19.9 Å². The van der Waals surface area contributed by atoms with Crippen molar-refractivity contribution in [1.29, 1.82) is 0 Å². The van der Waals surface area contributed by atoms with Gasteiger partial charge >= 0.3 is 0 Å². The van der Waals surface area contributed by atoms with Gasteiger partial charge in [0.15, 0.2) is 0 Å². The summed E-state index contributed by atoms with van der Waals surface area (Å²) in [5.74, 6) is 1.47. The zero-order valence-corrected chi connectivity index (χ0v) is 17.1. The molecule has 1 atom stereocenters. The SMILES string of the molecule is Nc1cc2c(cc1O[C@H]1CCOC1)N(c1ccc(OCc3ccccn3)cc1)CN=C2. The predicted octanol–water partition coefficient (Wildman–Crippen LogP) is 3.94. The van der Waals surface area contributed by atoms with Crippen LogP contribution in [0.1, 0.15) is 17.7 Å². The third-order valence-corrected chi connectivity index (χ3v) is 5.35. The number of rotatable bonds is 6. The summed E-state index contributed by atoms with van der Waals surface area (Å²) in [5.41, 5.74) is 10.7. The molecule has 7 heteroatoms. The number of nitrogens with two attached hydrogens (primary N) is 1. The van der Waals surface area contributed by atoms with Gasteiger partial charge in [0.25, 0.3) is 0 Å². The van der Waals surface area contributed by atoms with Crippen molar-refractivity contribution in [3.05, 3.63) is 72.1 Å². The molecule has 0 unspecified atom stereocenters. The van der Waals surface area contributed by atoms with E-state index in [0.29, 0.717) is 31.3 Å². The first-order chi connectivity index (χ1) is 15.3. The molecule has 0 radical (unpaired) electrons. The molecule has 1 saturated heterocycles. The van der Waals surface area contributed by atoms with Crippen molar-refractivity contribution in [3.8, 4) is 11.5 Å². The summed E-state index contributed by atoms with van der Waals surface area (Å²) < 4.78 is 17.4. The number of aromatic nitrogens is 1. The summed E-state index contributed by atoms with van der Waals surface area (Å²) in [6.07, 6.45) is 4.54. The van der Waals surface area contributed by atoms with E-state index in [9.17, 15) is 0 Å². The number of hydrogen-bond donors (Lipinski definition) is 1. The fourth-order valence-corrected chi connectivity index (χ4v) is 3.71. The fourth-order valence-electron chi connectivity index (χ4n) is 3.71. The van der Waals surface area contributed by atoms with Gasteiger partial charge in [0.1, 0.15) is 30.9 Å². The molecule has 0 aliphatic carbocycles. The standard InChI is InChI=1S/C24H24N4O3/c25-22-11-17-13-26-16-28(23(17)12-24(22)31-21-8-10-29-15-21)19-4-6-20(7-5-19)30-14-18-3-1-2-9-27-18/h1-7,9,11-13,21H,8,10,14-16,25H2/t21-/m0/s1. The number of ether oxygens (including phenoxy) is 3. The molecule has 1 fully saturated rings. The third kappa shape index (κ3) is 4.32. The number of nitrogens with zero attached hydrogens (tertiary/aromatic N) is 3. The fraction of sp³-hybridized carbons (Fsp3) is 0.250. The lowest BCUT2D eigenvalue weighted by molar-refractivity contribution is 0.142. The van der Waals surface area contributed by atoms with Crippen LogP contribution in [-0.4, -0.2) is 37.2 Å². The lowest BCUT2D eigenvalue weighted by Gasteiger charge is -2.29. The Labute approximate surface area is 181 Å². The lowest BCUT2D eigenvalue weighted by Crippen LogP contribution is -2.23. The van der Waals surface area contributed by atoms with Crippen LogP contribution in [0.5, 0.6) is 11.5 Å². The first-order valence-corrected chi connectivity index (χ1v) is 10.3. The van der Waals surface area contributed by atoms with Crippen molar-refractivity contribution >= 4 is 23.3 Å². The normalized spacial score (nSPS) is 17.4. The second kappa shape index (κ2) is 8.65. The van der Waals surface area contributed by atoms with Crippen molar-refractivity contribution in [2.45, 2.75) is 19.1 Å². The molecule has 0 amide bonds. The number of benzene rings is 2. The molecule has 0 spiro atoms. The van der Waals surface area contributed by atoms with Crippen LogP contribution in [-0.2, 0) is 11.3 Å². The molecule has 31 heavy (non-hydrogen) atoms. The van der Waals surface area contributed by atoms with E-state index >= 15 is 0 Å². The molecule has 0 saturated carbocycles. The van der Waals surface area contributed by atoms with E-state index in [0.717, 1.165) is 41.4 Å². The van der Waals surface area contributed by atoms with Gasteiger partial charge in [-0.15, -0.1) is 0 Å². The van der Waals surface area contributed by atoms with Crippen LogP contribution in [0.4, 0.5) is 17.1 Å². The van der Waals surface area contributed by atoms with Gasteiger partial charge < -0.3 is 24.8 Å². The number of aliphatic imine (C=N–C) groups is 1. The maximum Gasteiger partial charge on any atom is 0.144 e. The Morgan fingerprint density at radius 2 is 2.03 bits per heavy atom. The Morgan fingerprint density at radius 1 is 1.13 bits per heavy atom. The van der Waals surface area contributed by atoms with Gasteiger partial charge in [0.2, 0.25) is 0 Å². The summed E-state index contributed by atoms with van der Waals surface area (Å²) in [4.78, 5) is 10.9. The predicted molar refractivity (Wildman–Crippen MR) is 120 cm³/mol. The van der Waals surface area contributed by atoms with E-state index in [1.165, 1.54) is 0 Å². The van der Waals surface area contributed by atoms with Gasteiger partial charge in [-0.25, -0.2) is 0 Å². The van der Waals surface area contributed by atoms with Crippen molar-refractivity contribution in [3.63, 3.8) is 0 Å². The summed E-state index contributed by atoms with van der Waals surface area (Å²) in [5, 5.41) is 0. The monoisotopic (exact) mass is 416 g/mol. The van der Waals surface area contributed by atoms with Gasteiger partial charge in [0, 0.05) is 36.1 Å². The molecule has 2 N–H and O–H groups in total. The van der Waals surface area contributed by atoms with Gasteiger partial charge in [-0.05, 0) is 42.5 Å². The molecule has 1 aromatic heterocycles. The second-order valence-corrected chi connectivity index (χ2v) is 7.54. The molecule has 2 aromatic carbocycles. The minimum absolute atomic E-state index is 0.0431. The minimum atomic E-state index is 0.0431. The highest BCUT2D eigenvalue weighted by atomic mass is 16.5. The van der Waals surface area contributed by atoms with E-state index in [2.05, 4.69) is 14.9 Å². The van der Waals surface area contributed by atoms with Crippen LogP contribution in [0.2, 0.25) is 0 Å². The second-order valence-electron chi connectivity index (χ2n) is 7.54. The number of fused-ring (bicyclic) bond motifs is 1. The minimum Gasteiger partial charge on any atom is -0.487 e. The maximum absolute atomic E-state index is 6.24. The van der Waals surface area contributed by atoms with Crippen molar-refractivity contribution in [1.82, 2.24) is 4.98 Å². The molecular weight excluding hydrogens is 392 g/mol. The zero-order chi connectivity index (χ0) is 21.0. The lowest BCUT2D eigenvalue weighted by atomic mass is 10.1. The van der Waals surface area contributed by atoms with Crippen LogP contribution < -0.4 is 20.1 Å². The Morgan fingerprint density at radius 3 is 2.81 bits per heavy atom. The van der Waals surface area contributed by atoms with E-state index < -0.39 is 0 Å². The zero-order valence-electron chi connectivity index (χ0n) is 17.1.